The van der Waals surface area contributed by atoms with Crippen LogP contribution in [0.4, 0.5) is 29.7 Å². The highest BCUT2D eigenvalue weighted by Crippen LogP contribution is 2.36. The van der Waals surface area contributed by atoms with Crippen molar-refractivity contribution < 1.29 is 49.6 Å². The molecule has 2 aromatic rings. The SMILES string of the molecule is C.C.CN1C(NC(=O)OC(C)(C)C)=N[C@](C)(c2cc(N)ccc2F)CS1(=O)=O.CN1C(NC(=O)OC(C)(C)C)=N[C@](C)(c2cc([N+](=O)[O-])ccc2F)CS1(=O)=O. The minimum absolute atomic E-state index is 0. The number of nitrogens with two attached hydrogens (primary N) is 1. The number of non-ortho nitro benzene ring substituents is 1. The second-order valence-corrected chi connectivity index (χ2v) is 18.8. The Balaban J connectivity index is 0.000000542. The van der Waals surface area contributed by atoms with Crippen LogP contribution in [0.1, 0.15) is 81.4 Å². The number of guanidine groups is 2. The molecule has 18 nitrogen and oxygen atoms in total. The van der Waals surface area contributed by atoms with Gasteiger partial charge in [0.2, 0.25) is 32.0 Å². The van der Waals surface area contributed by atoms with E-state index in [9.17, 15) is 45.3 Å². The number of hydrogen-bond donors (Lipinski definition) is 3. The number of aliphatic imine (C=N–C) groups is 2. The Kier molecular flexibility index (Phi) is 14.8. The van der Waals surface area contributed by atoms with Crippen molar-refractivity contribution in [3.05, 3.63) is 69.3 Å². The van der Waals surface area contributed by atoms with Crippen LogP contribution in [0, 0.1) is 21.7 Å². The summed E-state index contributed by atoms with van der Waals surface area (Å²) in [6, 6.07) is 6.64. The van der Waals surface area contributed by atoms with E-state index in [1.165, 1.54) is 40.1 Å². The fourth-order valence-corrected chi connectivity index (χ4v) is 8.06. The Bertz CT molecular complexity index is 2120. The normalized spacial score (nSPS) is 21.3. The Labute approximate surface area is 326 Å². The number of hydrogen-bond acceptors (Lipinski definition) is 13. The van der Waals surface area contributed by atoms with Crippen molar-refractivity contribution >= 4 is 55.5 Å². The first-order valence-electron chi connectivity index (χ1n) is 16.0. The van der Waals surface area contributed by atoms with Gasteiger partial charge in [-0.25, -0.2) is 53.8 Å². The predicted octanol–water partition coefficient (Wildman–Crippen LogP) is 5.16. The van der Waals surface area contributed by atoms with Gasteiger partial charge in [-0.05, 0) is 79.7 Å². The second-order valence-electron chi connectivity index (χ2n) is 14.8. The standard InChI is InChI=1S/C16H21FN4O6S.C16H23FN4O4S.2CH4/c1-15(2,3)27-14(22)18-13-19-16(4,9-28(25,26)20(13)5)11-8-10(21(23)24)6-7-12(11)17;1-15(2,3)25-14(22)19-13-20-16(4,9-26(23,24)21(13)5)11-8-10(18)6-7-12(11)17;;/h6-8H,9H2,1-5H3,(H,18,19,22);6-8H,9,18H2,1-5H3,(H,19,20,22);2*1H4/t2*16-;;/m00../s1. The van der Waals surface area contributed by atoms with Gasteiger partial charge < -0.3 is 15.2 Å². The molecule has 2 aliphatic heterocycles. The number of sulfonamides is 2. The van der Waals surface area contributed by atoms with Gasteiger partial charge in [0.05, 0.1) is 16.4 Å². The average Bonchev–Trinajstić information content (AvgIpc) is 2.97. The fourth-order valence-electron chi connectivity index (χ4n) is 5.11. The number of nitrogen functional groups attached to an aromatic ring is 1. The Hall–Kier alpha value is -5.12. The number of carbonyl (C=O) groups excluding carboxylic acids is 2. The molecule has 0 saturated heterocycles. The van der Waals surface area contributed by atoms with Crippen LogP contribution < -0.4 is 16.4 Å². The van der Waals surface area contributed by atoms with E-state index >= 15 is 0 Å². The summed E-state index contributed by atoms with van der Waals surface area (Å²) in [5.74, 6) is -3.25. The summed E-state index contributed by atoms with van der Waals surface area (Å²) < 4.78 is 90.8. The van der Waals surface area contributed by atoms with E-state index in [2.05, 4.69) is 20.6 Å². The third kappa shape index (κ3) is 11.9. The van der Waals surface area contributed by atoms with Crippen LogP contribution in [0.5, 0.6) is 0 Å². The first-order valence-corrected chi connectivity index (χ1v) is 19.2. The monoisotopic (exact) mass is 834 g/mol. The van der Waals surface area contributed by atoms with Crippen LogP contribution in [0.3, 0.4) is 0 Å². The molecule has 0 fully saturated rings. The zero-order valence-corrected chi connectivity index (χ0v) is 33.0. The maximum atomic E-state index is 14.4. The van der Waals surface area contributed by atoms with Gasteiger partial charge in [0.1, 0.15) is 33.9 Å². The summed E-state index contributed by atoms with van der Waals surface area (Å²) in [4.78, 5) is 42.8. The molecule has 22 heteroatoms. The summed E-state index contributed by atoms with van der Waals surface area (Å²) in [6.45, 7) is 12.7. The molecule has 4 N–H and O–H groups in total. The van der Waals surface area contributed by atoms with Crippen molar-refractivity contribution in [1.82, 2.24) is 19.2 Å². The summed E-state index contributed by atoms with van der Waals surface area (Å²) in [5.41, 5.74) is 0.536. The average molecular weight is 835 g/mol. The molecule has 2 amide bonds. The third-order valence-electron chi connectivity index (χ3n) is 7.60. The van der Waals surface area contributed by atoms with Crippen LogP contribution in [0.15, 0.2) is 46.4 Å². The first kappa shape index (κ1) is 48.9. The highest BCUT2D eigenvalue weighted by molar-refractivity contribution is 7.90. The number of nitro groups is 1. The van der Waals surface area contributed by atoms with E-state index in [1.54, 1.807) is 41.5 Å². The Morgan fingerprint density at radius 1 is 0.786 bits per heavy atom. The van der Waals surface area contributed by atoms with Crippen molar-refractivity contribution in [2.45, 2.75) is 92.5 Å². The van der Waals surface area contributed by atoms with E-state index in [0.717, 1.165) is 32.9 Å². The van der Waals surface area contributed by atoms with Crippen LogP contribution in [-0.2, 0) is 40.6 Å². The summed E-state index contributed by atoms with van der Waals surface area (Å²) in [6.07, 6.45) is -1.81. The molecule has 0 bridgehead atoms. The van der Waals surface area contributed by atoms with Gasteiger partial charge in [0, 0.05) is 43.0 Å². The highest BCUT2D eigenvalue weighted by Gasteiger charge is 2.45. The molecule has 0 radical (unpaired) electrons. The van der Waals surface area contributed by atoms with Gasteiger partial charge >= 0.3 is 12.2 Å². The van der Waals surface area contributed by atoms with Crippen molar-refractivity contribution in [2.24, 2.45) is 9.98 Å². The van der Waals surface area contributed by atoms with E-state index in [4.69, 9.17) is 15.2 Å². The number of amides is 2. The number of halogens is 2. The molecule has 2 aromatic carbocycles. The lowest BCUT2D eigenvalue weighted by Crippen LogP contribution is -2.54. The lowest BCUT2D eigenvalue weighted by atomic mass is 9.93. The van der Waals surface area contributed by atoms with Gasteiger partial charge in [-0.3, -0.25) is 20.7 Å². The molecule has 0 aromatic heterocycles. The van der Waals surface area contributed by atoms with E-state index < -0.39 is 88.3 Å². The second kappa shape index (κ2) is 16.9. The number of nitro benzene ring substituents is 1. The van der Waals surface area contributed by atoms with Gasteiger partial charge in [0.15, 0.2) is 0 Å². The van der Waals surface area contributed by atoms with Crippen molar-refractivity contribution in [2.75, 3.05) is 31.3 Å². The van der Waals surface area contributed by atoms with Gasteiger partial charge in [0.25, 0.3) is 5.69 Å². The Morgan fingerprint density at radius 2 is 1.14 bits per heavy atom. The largest absolute Gasteiger partial charge is 0.444 e. The van der Waals surface area contributed by atoms with Crippen LogP contribution in [-0.4, -0.2) is 91.3 Å². The molecule has 4 rings (SSSR count). The van der Waals surface area contributed by atoms with Gasteiger partial charge in [-0.15, -0.1) is 0 Å². The van der Waals surface area contributed by atoms with Crippen molar-refractivity contribution in [1.29, 1.82) is 0 Å². The molecule has 2 heterocycles. The number of nitrogens with one attached hydrogen (secondary N) is 2. The maximum absolute atomic E-state index is 14.4. The summed E-state index contributed by atoms with van der Waals surface area (Å²) in [5, 5.41) is 15.6. The number of nitrogens with zero attached hydrogens (tertiary/aromatic N) is 5. The quantitative estimate of drug-likeness (QED) is 0.207. The van der Waals surface area contributed by atoms with E-state index in [-0.39, 0.29) is 43.6 Å². The summed E-state index contributed by atoms with van der Waals surface area (Å²) in [7, 11) is -5.44. The molecule has 0 aliphatic carbocycles. The molecular weight excluding hydrogens is 783 g/mol. The van der Waals surface area contributed by atoms with Crippen LogP contribution in [0.2, 0.25) is 0 Å². The van der Waals surface area contributed by atoms with Crippen LogP contribution in [0.25, 0.3) is 0 Å². The van der Waals surface area contributed by atoms with Gasteiger partial charge in [-0.2, -0.15) is 0 Å². The third-order valence-corrected chi connectivity index (χ3v) is 11.5. The molecule has 314 valence electrons. The lowest BCUT2D eigenvalue weighted by Gasteiger charge is -2.36. The predicted molar refractivity (Wildman–Crippen MR) is 209 cm³/mol. The molecule has 0 unspecified atom stereocenters. The molecule has 2 atom stereocenters. The minimum atomic E-state index is -4.01. The number of ether oxygens (including phenoxy) is 2. The lowest BCUT2D eigenvalue weighted by molar-refractivity contribution is -0.385. The van der Waals surface area contributed by atoms with E-state index in [0.29, 0.717) is 0 Å². The highest BCUT2D eigenvalue weighted by atomic mass is 32.2. The van der Waals surface area contributed by atoms with Crippen molar-refractivity contribution in [3.63, 3.8) is 0 Å². The topological polar surface area (TPSA) is 245 Å². The number of rotatable bonds is 3. The zero-order valence-electron chi connectivity index (χ0n) is 31.3. The van der Waals surface area contributed by atoms with Crippen molar-refractivity contribution in [3.8, 4) is 0 Å². The minimum Gasteiger partial charge on any atom is -0.444 e. The number of benzene rings is 2. The molecule has 0 spiro atoms. The summed E-state index contributed by atoms with van der Waals surface area (Å²) >= 11 is 0. The number of carbonyl (C=O) groups is 2. The first-order chi connectivity index (χ1) is 24.4. The molecule has 56 heavy (non-hydrogen) atoms. The number of alkyl carbamates (subject to hydrolysis) is 2. The molecule has 0 saturated carbocycles. The molecule has 2 aliphatic rings. The zero-order chi connectivity index (χ0) is 41.4. The van der Waals surface area contributed by atoms with Crippen LogP contribution >= 0.6 is 0 Å². The fraction of sp³-hybridized carbons (Fsp3) is 0.529. The van der Waals surface area contributed by atoms with Gasteiger partial charge in [-0.1, -0.05) is 14.9 Å². The Morgan fingerprint density at radius 3 is 1.50 bits per heavy atom. The molecular formula is C34H52F2N8O10S2. The number of anilines is 1. The maximum Gasteiger partial charge on any atom is 0.414 e. The van der Waals surface area contributed by atoms with E-state index in [1.807, 2.05) is 0 Å². The smallest absolute Gasteiger partial charge is 0.414 e.